The first-order chi connectivity index (χ1) is 8.70. The Bertz CT molecular complexity index is 279. The zero-order valence-corrected chi connectivity index (χ0v) is 11.7. The number of unbranched alkanes of at least 4 members (excludes halogenated alkanes) is 2. The number of piperidine rings is 1. The lowest BCUT2D eigenvalue weighted by molar-refractivity contribution is -0.148. The first-order valence-corrected chi connectivity index (χ1v) is 7.29. The fourth-order valence-electron chi connectivity index (χ4n) is 2.48. The number of rotatable bonds is 5. The Kier molecular flexibility index (Phi) is 6.76. The molecule has 1 heterocycles. The molecule has 1 N–H and O–H groups in total. The lowest BCUT2D eigenvalue weighted by atomic mass is 10.00. The van der Waals surface area contributed by atoms with Crippen molar-refractivity contribution in [1.82, 2.24) is 10.2 Å². The standard InChI is InChI=1S/C14H26N2O2/c1-3-5-7-10-15-13(17)14(18)16-11-8-6-9-12(16)4-2/h12H,3-11H2,1-2H3,(H,15,17). The molecule has 2 amide bonds. The van der Waals surface area contributed by atoms with Gasteiger partial charge < -0.3 is 10.2 Å². The number of nitrogens with one attached hydrogen (secondary N) is 1. The van der Waals surface area contributed by atoms with Crippen LogP contribution < -0.4 is 5.32 Å². The van der Waals surface area contributed by atoms with E-state index in [1.165, 1.54) is 6.42 Å². The first-order valence-electron chi connectivity index (χ1n) is 7.29. The topological polar surface area (TPSA) is 49.4 Å². The smallest absolute Gasteiger partial charge is 0.312 e. The van der Waals surface area contributed by atoms with Crippen molar-refractivity contribution in [3.05, 3.63) is 0 Å². The molecule has 0 saturated carbocycles. The molecule has 0 aromatic carbocycles. The lowest BCUT2D eigenvalue weighted by Gasteiger charge is -2.34. The summed E-state index contributed by atoms with van der Waals surface area (Å²) in [4.78, 5) is 25.6. The third-order valence-electron chi connectivity index (χ3n) is 3.62. The number of likely N-dealkylation sites (tertiary alicyclic amines) is 1. The molecule has 1 atom stereocenters. The van der Waals surface area contributed by atoms with E-state index in [-0.39, 0.29) is 11.9 Å². The Morgan fingerprint density at radius 3 is 2.67 bits per heavy atom. The van der Waals surface area contributed by atoms with Crippen LogP contribution in [0, 0.1) is 0 Å². The summed E-state index contributed by atoms with van der Waals surface area (Å²) in [6.07, 6.45) is 7.32. The summed E-state index contributed by atoms with van der Waals surface area (Å²) >= 11 is 0. The van der Waals surface area contributed by atoms with Gasteiger partial charge in [0.25, 0.3) is 0 Å². The molecular weight excluding hydrogens is 228 g/mol. The molecule has 0 aromatic heterocycles. The molecule has 4 nitrogen and oxygen atoms in total. The molecular formula is C14H26N2O2. The van der Waals surface area contributed by atoms with Crippen molar-refractivity contribution >= 4 is 11.8 Å². The van der Waals surface area contributed by atoms with Gasteiger partial charge in [-0.2, -0.15) is 0 Å². The van der Waals surface area contributed by atoms with Gasteiger partial charge in [-0.3, -0.25) is 9.59 Å². The lowest BCUT2D eigenvalue weighted by Crippen LogP contribution is -2.50. The minimum atomic E-state index is -0.425. The number of amides is 2. The van der Waals surface area contributed by atoms with E-state index in [9.17, 15) is 9.59 Å². The van der Waals surface area contributed by atoms with E-state index in [1.54, 1.807) is 4.90 Å². The molecule has 104 valence electrons. The molecule has 4 heteroatoms. The molecule has 1 unspecified atom stereocenters. The molecule has 0 aromatic rings. The highest BCUT2D eigenvalue weighted by Gasteiger charge is 2.29. The van der Waals surface area contributed by atoms with E-state index in [0.29, 0.717) is 6.54 Å². The summed E-state index contributed by atoms with van der Waals surface area (Å²) in [5, 5.41) is 2.73. The van der Waals surface area contributed by atoms with Gasteiger partial charge in [0.05, 0.1) is 0 Å². The summed E-state index contributed by atoms with van der Waals surface area (Å²) < 4.78 is 0. The average molecular weight is 254 g/mol. The highest BCUT2D eigenvalue weighted by Crippen LogP contribution is 2.19. The summed E-state index contributed by atoms with van der Waals surface area (Å²) in [5.74, 6) is -0.760. The molecule has 0 aliphatic carbocycles. The van der Waals surface area contributed by atoms with E-state index in [0.717, 1.165) is 45.1 Å². The number of hydrogen-bond donors (Lipinski definition) is 1. The molecule has 0 spiro atoms. The first kappa shape index (κ1) is 15.0. The fourth-order valence-corrected chi connectivity index (χ4v) is 2.48. The highest BCUT2D eigenvalue weighted by atomic mass is 16.2. The second kappa shape index (κ2) is 8.11. The maximum Gasteiger partial charge on any atom is 0.312 e. The van der Waals surface area contributed by atoms with E-state index in [2.05, 4.69) is 19.2 Å². The Labute approximate surface area is 110 Å². The van der Waals surface area contributed by atoms with Crippen molar-refractivity contribution in [2.24, 2.45) is 0 Å². The van der Waals surface area contributed by atoms with Crippen LogP contribution in [0.3, 0.4) is 0 Å². The summed E-state index contributed by atoms with van der Waals surface area (Å²) in [6, 6.07) is 0.257. The van der Waals surface area contributed by atoms with Crippen LogP contribution in [-0.4, -0.2) is 35.8 Å². The van der Waals surface area contributed by atoms with Gasteiger partial charge in [0.2, 0.25) is 0 Å². The Morgan fingerprint density at radius 1 is 1.22 bits per heavy atom. The van der Waals surface area contributed by atoms with E-state index < -0.39 is 5.91 Å². The van der Waals surface area contributed by atoms with Crippen LogP contribution in [0.4, 0.5) is 0 Å². The maximum atomic E-state index is 12.0. The Hall–Kier alpha value is -1.06. The van der Waals surface area contributed by atoms with Gasteiger partial charge in [0.1, 0.15) is 0 Å². The van der Waals surface area contributed by atoms with Gasteiger partial charge in [-0.25, -0.2) is 0 Å². The molecule has 1 rings (SSSR count). The minimum Gasteiger partial charge on any atom is -0.348 e. The normalized spacial score (nSPS) is 19.7. The maximum absolute atomic E-state index is 12.0. The molecule has 1 fully saturated rings. The molecule has 18 heavy (non-hydrogen) atoms. The zero-order valence-electron chi connectivity index (χ0n) is 11.7. The van der Waals surface area contributed by atoms with E-state index in [4.69, 9.17) is 0 Å². The van der Waals surface area contributed by atoms with Crippen LogP contribution in [0.2, 0.25) is 0 Å². The van der Waals surface area contributed by atoms with Gasteiger partial charge >= 0.3 is 11.8 Å². The fraction of sp³-hybridized carbons (Fsp3) is 0.857. The number of carbonyl (C=O) groups is 2. The average Bonchev–Trinajstić information content (AvgIpc) is 2.42. The van der Waals surface area contributed by atoms with Gasteiger partial charge in [0, 0.05) is 19.1 Å². The Balaban J connectivity index is 2.39. The van der Waals surface area contributed by atoms with E-state index in [1.807, 2.05) is 0 Å². The van der Waals surface area contributed by atoms with Crippen LogP contribution in [0.1, 0.15) is 58.8 Å². The summed E-state index contributed by atoms with van der Waals surface area (Å²) in [5.41, 5.74) is 0. The number of hydrogen-bond acceptors (Lipinski definition) is 2. The Morgan fingerprint density at radius 2 is 2.00 bits per heavy atom. The van der Waals surface area contributed by atoms with Crippen molar-refractivity contribution in [2.75, 3.05) is 13.1 Å². The van der Waals surface area contributed by atoms with Crippen molar-refractivity contribution in [3.8, 4) is 0 Å². The predicted octanol–water partition coefficient (Wildman–Crippen LogP) is 2.08. The zero-order chi connectivity index (χ0) is 13.4. The SMILES string of the molecule is CCCCCNC(=O)C(=O)N1CCCCC1CC. The largest absolute Gasteiger partial charge is 0.348 e. The van der Waals surface area contributed by atoms with Crippen molar-refractivity contribution in [2.45, 2.75) is 64.8 Å². The van der Waals surface area contributed by atoms with Crippen LogP contribution in [-0.2, 0) is 9.59 Å². The number of nitrogens with zero attached hydrogens (tertiary/aromatic N) is 1. The monoisotopic (exact) mass is 254 g/mol. The van der Waals surface area contributed by atoms with Crippen LogP contribution in [0.5, 0.6) is 0 Å². The van der Waals surface area contributed by atoms with Gasteiger partial charge in [0.15, 0.2) is 0 Å². The van der Waals surface area contributed by atoms with Crippen molar-refractivity contribution < 1.29 is 9.59 Å². The van der Waals surface area contributed by atoms with Crippen LogP contribution >= 0.6 is 0 Å². The predicted molar refractivity (Wildman–Crippen MR) is 72.2 cm³/mol. The third-order valence-corrected chi connectivity index (χ3v) is 3.62. The van der Waals surface area contributed by atoms with Crippen LogP contribution in [0.15, 0.2) is 0 Å². The quantitative estimate of drug-likeness (QED) is 0.603. The number of carbonyl (C=O) groups excluding carboxylic acids is 2. The molecule has 0 radical (unpaired) electrons. The molecule has 1 aliphatic rings. The second-order valence-electron chi connectivity index (χ2n) is 5.02. The van der Waals surface area contributed by atoms with Gasteiger partial charge in [-0.15, -0.1) is 0 Å². The summed E-state index contributed by atoms with van der Waals surface area (Å²) in [6.45, 7) is 5.55. The van der Waals surface area contributed by atoms with E-state index >= 15 is 0 Å². The van der Waals surface area contributed by atoms with Crippen molar-refractivity contribution in [3.63, 3.8) is 0 Å². The molecule has 1 saturated heterocycles. The van der Waals surface area contributed by atoms with Crippen LogP contribution in [0.25, 0.3) is 0 Å². The summed E-state index contributed by atoms with van der Waals surface area (Å²) in [7, 11) is 0. The van der Waals surface area contributed by atoms with Gasteiger partial charge in [-0.1, -0.05) is 26.7 Å². The van der Waals surface area contributed by atoms with Crippen molar-refractivity contribution in [1.29, 1.82) is 0 Å². The third kappa shape index (κ3) is 4.31. The molecule has 1 aliphatic heterocycles. The van der Waals surface area contributed by atoms with Gasteiger partial charge in [-0.05, 0) is 32.1 Å². The second-order valence-corrected chi connectivity index (χ2v) is 5.02. The highest BCUT2D eigenvalue weighted by molar-refractivity contribution is 6.35. The minimum absolute atomic E-state index is 0.257. The molecule has 0 bridgehead atoms.